The number of thiazole rings is 1. The topological polar surface area (TPSA) is 73.8 Å². The summed E-state index contributed by atoms with van der Waals surface area (Å²) in [4.78, 5) is 22.2. The van der Waals surface area contributed by atoms with Crippen LogP contribution < -0.4 is 4.90 Å². The van der Waals surface area contributed by atoms with Crippen LogP contribution in [0.15, 0.2) is 28.6 Å². The molecule has 0 unspecified atom stereocenters. The van der Waals surface area contributed by atoms with Crippen molar-refractivity contribution >= 4 is 32.4 Å². The number of benzene rings is 1. The summed E-state index contributed by atoms with van der Waals surface area (Å²) in [7, 11) is -3.56. The molecule has 0 bridgehead atoms. The molecular formula is C23H32N4O3S2. The summed E-state index contributed by atoms with van der Waals surface area (Å²) in [6.07, 6.45) is 3.89. The Morgan fingerprint density at radius 1 is 1.00 bits per heavy atom. The van der Waals surface area contributed by atoms with E-state index in [1.807, 2.05) is 49.4 Å². The van der Waals surface area contributed by atoms with E-state index in [2.05, 4.69) is 9.88 Å². The smallest absolute Gasteiger partial charge is 0.243 e. The lowest BCUT2D eigenvalue weighted by Gasteiger charge is -2.34. The van der Waals surface area contributed by atoms with Gasteiger partial charge < -0.3 is 9.80 Å². The molecule has 3 heterocycles. The molecular weight excluding hydrogens is 444 g/mol. The quantitative estimate of drug-likeness (QED) is 0.678. The van der Waals surface area contributed by atoms with Crippen LogP contribution in [0.2, 0.25) is 0 Å². The Morgan fingerprint density at radius 3 is 2.31 bits per heavy atom. The molecule has 0 saturated carbocycles. The van der Waals surface area contributed by atoms with E-state index in [0.29, 0.717) is 37.4 Å². The van der Waals surface area contributed by atoms with Crippen molar-refractivity contribution < 1.29 is 13.2 Å². The lowest BCUT2D eigenvalue weighted by molar-refractivity contribution is -0.136. The van der Waals surface area contributed by atoms with Crippen LogP contribution in [0.4, 0.5) is 5.13 Å². The summed E-state index contributed by atoms with van der Waals surface area (Å²) in [6.45, 7) is 9.62. The number of rotatable bonds is 4. The number of nitrogens with zero attached hydrogens (tertiary/aromatic N) is 4. The number of carbonyl (C=O) groups is 1. The zero-order chi connectivity index (χ0) is 22.9. The van der Waals surface area contributed by atoms with E-state index in [4.69, 9.17) is 0 Å². The Bertz CT molecular complexity index is 1040. The van der Waals surface area contributed by atoms with Crippen molar-refractivity contribution in [3.63, 3.8) is 0 Å². The normalized spacial score (nSPS) is 19.2. The summed E-state index contributed by atoms with van der Waals surface area (Å²) in [5.74, 6) is 0.0683. The van der Waals surface area contributed by atoms with Gasteiger partial charge in [-0.2, -0.15) is 4.31 Å². The number of aromatic nitrogens is 1. The fourth-order valence-electron chi connectivity index (χ4n) is 5.01. The molecule has 0 aliphatic carbocycles. The summed E-state index contributed by atoms with van der Waals surface area (Å²) in [5, 5.41) is 2.99. The number of amides is 1. The molecule has 32 heavy (non-hydrogen) atoms. The molecule has 2 saturated heterocycles. The Morgan fingerprint density at radius 2 is 1.69 bits per heavy atom. The SMILES string of the molecule is Cc1cc(C)c(S(=O)(=O)N2CCC(C(=O)N3CCCN(c4nccs4)CC3)CC2)c(C)c1. The first kappa shape index (κ1) is 23.2. The maximum absolute atomic E-state index is 13.3. The Labute approximate surface area is 195 Å². The average molecular weight is 477 g/mol. The van der Waals surface area contributed by atoms with Crippen LogP contribution in [0.1, 0.15) is 36.0 Å². The van der Waals surface area contributed by atoms with E-state index >= 15 is 0 Å². The minimum atomic E-state index is -3.56. The monoisotopic (exact) mass is 476 g/mol. The second kappa shape index (κ2) is 9.49. The second-order valence-corrected chi connectivity index (χ2v) is 11.6. The zero-order valence-corrected chi connectivity index (χ0v) is 20.7. The highest BCUT2D eigenvalue weighted by Gasteiger charge is 2.35. The third kappa shape index (κ3) is 4.70. The van der Waals surface area contributed by atoms with E-state index in [1.165, 1.54) is 0 Å². The minimum absolute atomic E-state index is 0.104. The number of carbonyl (C=O) groups excluding carboxylic acids is 1. The van der Waals surface area contributed by atoms with Gasteiger partial charge in [0.05, 0.1) is 4.90 Å². The lowest BCUT2D eigenvalue weighted by Crippen LogP contribution is -2.45. The van der Waals surface area contributed by atoms with Gasteiger partial charge in [0.2, 0.25) is 15.9 Å². The first-order valence-electron chi connectivity index (χ1n) is 11.3. The fraction of sp³-hybridized carbons (Fsp3) is 0.565. The predicted molar refractivity (Wildman–Crippen MR) is 128 cm³/mol. The van der Waals surface area contributed by atoms with Crippen molar-refractivity contribution in [3.05, 3.63) is 40.4 Å². The molecule has 1 aromatic carbocycles. The van der Waals surface area contributed by atoms with Crippen LogP contribution in [-0.2, 0) is 14.8 Å². The molecule has 0 radical (unpaired) electrons. The van der Waals surface area contributed by atoms with Crippen molar-refractivity contribution in [2.24, 2.45) is 5.92 Å². The molecule has 0 N–H and O–H groups in total. The lowest BCUT2D eigenvalue weighted by atomic mass is 9.96. The summed E-state index contributed by atoms with van der Waals surface area (Å²) >= 11 is 1.63. The molecule has 2 fully saturated rings. The van der Waals surface area contributed by atoms with E-state index < -0.39 is 10.0 Å². The highest BCUT2D eigenvalue weighted by molar-refractivity contribution is 7.89. The maximum atomic E-state index is 13.3. The number of hydrogen-bond acceptors (Lipinski definition) is 6. The van der Waals surface area contributed by atoms with E-state index in [9.17, 15) is 13.2 Å². The van der Waals surface area contributed by atoms with Gasteiger partial charge in [0.25, 0.3) is 0 Å². The average Bonchev–Trinajstić information content (AvgIpc) is 3.17. The molecule has 7 nitrogen and oxygen atoms in total. The van der Waals surface area contributed by atoms with E-state index in [1.54, 1.807) is 15.6 Å². The van der Waals surface area contributed by atoms with Gasteiger partial charge in [-0.25, -0.2) is 13.4 Å². The van der Waals surface area contributed by atoms with Gasteiger partial charge in [0.15, 0.2) is 5.13 Å². The zero-order valence-electron chi connectivity index (χ0n) is 19.1. The number of aryl methyl sites for hydroxylation is 3. The number of piperidine rings is 1. The van der Waals surface area contributed by atoms with Crippen LogP contribution >= 0.6 is 11.3 Å². The molecule has 4 rings (SSSR count). The third-order valence-electron chi connectivity index (χ3n) is 6.50. The molecule has 9 heteroatoms. The van der Waals surface area contributed by atoms with Crippen molar-refractivity contribution in [2.75, 3.05) is 44.2 Å². The van der Waals surface area contributed by atoms with Crippen LogP contribution in [0, 0.1) is 26.7 Å². The summed E-state index contributed by atoms with van der Waals surface area (Å²) < 4.78 is 28.2. The maximum Gasteiger partial charge on any atom is 0.243 e. The van der Waals surface area contributed by atoms with E-state index in [0.717, 1.165) is 47.9 Å². The third-order valence-corrected chi connectivity index (χ3v) is 9.54. The Hall–Kier alpha value is -1.97. The molecule has 2 aliphatic heterocycles. The van der Waals surface area contributed by atoms with Gasteiger partial charge in [0.1, 0.15) is 0 Å². The van der Waals surface area contributed by atoms with Gasteiger partial charge >= 0.3 is 0 Å². The van der Waals surface area contributed by atoms with Gasteiger partial charge in [0, 0.05) is 56.8 Å². The number of anilines is 1. The Balaban J connectivity index is 1.38. The Kier molecular flexibility index (Phi) is 6.88. The van der Waals surface area contributed by atoms with Gasteiger partial charge in [-0.05, 0) is 51.2 Å². The standard InChI is InChI=1S/C23H32N4O3S2/c1-17-15-18(2)21(19(3)16-17)32(29,30)27-10-5-20(6-11-27)22(28)25-8-4-9-26(13-12-25)23-24-7-14-31-23/h7,14-16,20H,4-6,8-13H2,1-3H3. The molecule has 1 aromatic heterocycles. The molecule has 0 atom stereocenters. The van der Waals surface area contributed by atoms with Crippen LogP contribution in [0.25, 0.3) is 0 Å². The first-order chi connectivity index (χ1) is 15.3. The fourth-order valence-corrected chi connectivity index (χ4v) is 7.58. The van der Waals surface area contributed by atoms with Crippen LogP contribution in [0.5, 0.6) is 0 Å². The van der Waals surface area contributed by atoms with Crippen molar-refractivity contribution in [3.8, 4) is 0 Å². The predicted octanol–water partition coefficient (Wildman–Crippen LogP) is 3.21. The summed E-state index contributed by atoms with van der Waals surface area (Å²) in [5.41, 5.74) is 2.64. The molecule has 2 aromatic rings. The van der Waals surface area contributed by atoms with Crippen molar-refractivity contribution in [2.45, 2.75) is 44.9 Å². The van der Waals surface area contributed by atoms with Crippen molar-refractivity contribution in [1.82, 2.24) is 14.2 Å². The molecule has 174 valence electrons. The van der Waals surface area contributed by atoms with Crippen LogP contribution in [0.3, 0.4) is 0 Å². The number of hydrogen-bond donors (Lipinski definition) is 0. The molecule has 0 spiro atoms. The van der Waals surface area contributed by atoms with Gasteiger partial charge in [-0.15, -0.1) is 11.3 Å². The van der Waals surface area contributed by atoms with Crippen LogP contribution in [-0.4, -0.2) is 67.8 Å². The summed E-state index contributed by atoms with van der Waals surface area (Å²) in [6, 6.07) is 3.84. The van der Waals surface area contributed by atoms with Gasteiger partial charge in [-0.3, -0.25) is 4.79 Å². The molecule has 1 amide bonds. The highest BCUT2D eigenvalue weighted by Crippen LogP contribution is 2.30. The second-order valence-electron chi connectivity index (χ2n) is 8.89. The van der Waals surface area contributed by atoms with E-state index in [-0.39, 0.29) is 11.8 Å². The van der Waals surface area contributed by atoms with Gasteiger partial charge in [-0.1, -0.05) is 17.7 Å². The highest BCUT2D eigenvalue weighted by atomic mass is 32.2. The van der Waals surface area contributed by atoms with Crippen molar-refractivity contribution in [1.29, 1.82) is 0 Å². The number of sulfonamides is 1. The molecule has 2 aliphatic rings. The first-order valence-corrected chi connectivity index (χ1v) is 13.6. The largest absolute Gasteiger partial charge is 0.346 e. The minimum Gasteiger partial charge on any atom is -0.346 e.